The third-order valence-corrected chi connectivity index (χ3v) is 4.33. The summed E-state index contributed by atoms with van der Waals surface area (Å²) in [7, 11) is 0. The van der Waals surface area contributed by atoms with E-state index >= 15 is 0 Å². The molecule has 1 aliphatic carbocycles. The van der Waals surface area contributed by atoms with Gasteiger partial charge in [0, 0.05) is 11.6 Å². The van der Waals surface area contributed by atoms with E-state index in [0.717, 1.165) is 21.6 Å². The lowest BCUT2D eigenvalue weighted by molar-refractivity contribution is -0.114. The van der Waals surface area contributed by atoms with E-state index in [0.29, 0.717) is 12.0 Å². The van der Waals surface area contributed by atoms with Gasteiger partial charge in [-0.2, -0.15) is 0 Å². The van der Waals surface area contributed by atoms with Gasteiger partial charge in [-0.3, -0.25) is 4.79 Å². The normalized spacial score (nSPS) is 18.1. The molecule has 0 saturated heterocycles. The smallest absolute Gasteiger partial charge is 0.248 e. The van der Waals surface area contributed by atoms with E-state index in [1.54, 1.807) is 23.7 Å². The van der Waals surface area contributed by atoms with Crippen LogP contribution in [0.25, 0.3) is 10.2 Å². The molecule has 20 heavy (non-hydrogen) atoms. The van der Waals surface area contributed by atoms with Gasteiger partial charge in [-0.05, 0) is 24.3 Å². The Bertz CT molecular complexity index is 732. The summed E-state index contributed by atoms with van der Waals surface area (Å²) in [5, 5.41) is 5.45. The second kappa shape index (κ2) is 5.05. The molecule has 1 atom stereocenters. The topological polar surface area (TPSA) is 80.9 Å². The molecule has 0 saturated carbocycles. The van der Waals surface area contributed by atoms with Crippen molar-refractivity contribution < 1.29 is 4.79 Å². The fourth-order valence-electron chi connectivity index (χ4n) is 2.16. The van der Waals surface area contributed by atoms with Crippen LogP contribution in [0, 0.1) is 6.92 Å². The fourth-order valence-corrected chi connectivity index (χ4v) is 3.11. The summed E-state index contributed by atoms with van der Waals surface area (Å²) in [5.74, 6) is 0.441. The van der Waals surface area contributed by atoms with Crippen LogP contribution in [-0.4, -0.2) is 21.9 Å². The summed E-state index contributed by atoms with van der Waals surface area (Å²) in [6, 6.07) is 0.110. The number of amides is 1. The van der Waals surface area contributed by atoms with Crippen LogP contribution in [0.2, 0.25) is 0 Å². The number of hydrogen-bond acceptors (Lipinski definition) is 5. The second-order valence-electron chi connectivity index (χ2n) is 4.69. The quantitative estimate of drug-likeness (QED) is 0.906. The highest BCUT2D eigenvalue weighted by Crippen LogP contribution is 2.29. The minimum absolute atomic E-state index is 0.110. The van der Waals surface area contributed by atoms with Crippen LogP contribution in [0.1, 0.15) is 12.0 Å². The number of hydrogen-bond donors (Lipinski definition) is 2. The first-order chi connectivity index (χ1) is 9.65. The molecule has 3 N–H and O–H groups in total. The number of nitrogens with two attached hydrogens (primary N) is 1. The summed E-state index contributed by atoms with van der Waals surface area (Å²) >= 11 is 1.63. The monoisotopic (exact) mass is 286 g/mol. The zero-order chi connectivity index (χ0) is 14.1. The minimum atomic E-state index is -0.391. The summed E-state index contributed by atoms with van der Waals surface area (Å²) in [6.07, 6.45) is 7.82. The second-order valence-corrected chi connectivity index (χ2v) is 5.57. The molecule has 2 aromatic heterocycles. The highest BCUT2D eigenvalue weighted by atomic mass is 32.1. The Hall–Kier alpha value is -2.21. The molecule has 0 bridgehead atoms. The maximum atomic E-state index is 11.1. The van der Waals surface area contributed by atoms with Crippen molar-refractivity contribution in [2.45, 2.75) is 19.4 Å². The summed E-state index contributed by atoms with van der Waals surface area (Å²) in [6.45, 7) is 2.04. The van der Waals surface area contributed by atoms with Gasteiger partial charge in [-0.15, -0.1) is 11.3 Å². The van der Waals surface area contributed by atoms with Gasteiger partial charge in [0.25, 0.3) is 0 Å². The van der Waals surface area contributed by atoms with E-state index in [1.807, 2.05) is 19.1 Å². The van der Waals surface area contributed by atoms with Crippen molar-refractivity contribution in [2.24, 2.45) is 5.73 Å². The molecule has 0 fully saturated rings. The van der Waals surface area contributed by atoms with E-state index < -0.39 is 5.91 Å². The SMILES string of the molecule is Cc1csc2c(NC3C=CC(C(N)=O)=CC3)ncnc12. The van der Waals surface area contributed by atoms with Gasteiger partial charge < -0.3 is 11.1 Å². The van der Waals surface area contributed by atoms with Crippen molar-refractivity contribution in [2.75, 3.05) is 5.32 Å². The van der Waals surface area contributed by atoms with Crippen LogP contribution in [0.4, 0.5) is 5.82 Å². The molecule has 1 unspecified atom stereocenters. The first kappa shape index (κ1) is 12.8. The lowest BCUT2D eigenvalue weighted by Crippen LogP contribution is -2.22. The predicted molar refractivity (Wildman–Crippen MR) is 80.6 cm³/mol. The van der Waals surface area contributed by atoms with Crippen LogP contribution < -0.4 is 11.1 Å². The molecule has 102 valence electrons. The molecule has 6 heteroatoms. The first-order valence-corrected chi connectivity index (χ1v) is 7.16. The first-order valence-electron chi connectivity index (χ1n) is 6.28. The van der Waals surface area contributed by atoms with Crippen molar-refractivity contribution >= 4 is 33.3 Å². The van der Waals surface area contributed by atoms with Crippen LogP contribution >= 0.6 is 11.3 Å². The number of primary amides is 1. The zero-order valence-electron chi connectivity index (χ0n) is 11.0. The molecule has 1 amide bonds. The molecule has 0 radical (unpaired) electrons. The average Bonchev–Trinajstić information content (AvgIpc) is 2.82. The third-order valence-electron chi connectivity index (χ3n) is 3.24. The number of anilines is 1. The number of rotatable bonds is 3. The average molecular weight is 286 g/mol. The molecule has 5 nitrogen and oxygen atoms in total. The zero-order valence-corrected chi connectivity index (χ0v) is 11.8. The Labute approximate surface area is 120 Å². The number of aryl methyl sites for hydroxylation is 1. The van der Waals surface area contributed by atoms with Crippen LogP contribution in [0.3, 0.4) is 0 Å². The Morgan fingerprint density at radius 2 is 2.35 bits per heavy atom. The van der Waals surface area contributed by atoms with Crippen molar-refractivity contribution in [1.82, 2.24) is 9.97 Å². The number of thiophene rings is 1. The maximum Gasteiger partial charge on any atom is 0.248 e. The van der Waals surface area contributed by atoms with Gasteiger partial charge in [-0.1, -0.05) is 18.2 Å². The number of carbonyl (C=O) groups excluding carboxylic acids is 1. The van der Waals surface area contributed by atoms with E-state index in [9.17, 15) is 4.79 Å². The van der Waals surface area contributed by atoms with Crippen molar-refractivity contribution in [3.8, 4) is 0 Å². The summed E-state index contributed by atoms with van der Waals surface area (Å²) in [4.78, 5) is 19.7. The third kappa shape index (κ3) is 2.30. The number of carbonyl (C=O) groups is 1. The Morgan fingerprint density at radius 3 is 3.05 bits per heavy atom. The molecule has 3 rings (SSSR count). The van der Waals surface area contributed by atoms with Gasteiger partial charge >= 0.3 is 0 Å². The van der Waals surface area contributed by atoms with Gasteiger partial charge in [-0.25, -0.2) is 9.97 Å². The largest absolute Gasteiger partial charge is 0.366 e. The van der Waals surface area contributed by atoms with Gasteiger partial charge in [0.2, 0.25) is 5.91 Å². The molecule has 2 heterocycles. The van der Waals surface area contributed by atoms with E-state index in [4.69, 9.17) is 5.73 Å². The molecular weight excluding hydrogens is 272 g/mol. The van der Waals surface area contributed by atoms with Gasteiger partial charge in [0.05, 0.1) is 10.2 Å². The van der Waals surface area contributed by atoms with E-state index in [2.05, 4.69) is 20.7 Å². The molecule has 2 aromatic rings. The van der Waals surface area contributed by atoms with Crippen molar-refractivity contribution in [3.05, 3.63) is 41.1 Å². The van der Waals surface area contributed by atoms with Crippen LogP contribution in [-0.2, 0) is 4.79 Å². The van der Waals surface area contributed by atoms with Gasteiger partial charge in [0.15, 0.2) is 0 Å². The van der Waals surface area contributed by atoms with Crippen molar-refractivity contribution in [3.63, 3.8) is 0 Å². The Balaban J connectivity index is 1.82. The summed E-state index contributed by atoms with van der Waals surface area (Å²) < 4.78 is 1.06. The highest BCUT2D eigenvalue weighted by molar-refractivity contribution is 7.18. The molecule has 0 spiro atoms. The molecule has 0 aliphatic heterocycles. The minimum Gasteiger partial charge on any atom is -0.366 e. The lowest BCUT2D eigenvalue weighted by Gasteiger charge is -2.17. The Kier molecular flexibility index (Phi) is 3.23. The standard InChI is InChI=1S/C14H14N4OS/c1-8-6-20-12-11(8)16-7-17-14(12)18-10-4-2-9(3-5-10)13(15)19/h2-4,6-7,10H,5H2,1H3,(H2,15,19)(H,16,17,18). The fraction of sp³-hybridized carbons (Fsp3) is 0.214. The Morgan fingerprint density at radius 1 is 1.50 bits per heavy atom. The number of nitrogens with zero attached hydrogens (tertiary/aromatic N) is 2. The van der Waals surface area contributed by atoms with Crippen LogP contribution in [0.15, 0.2) is 35.5 Å². The maximum absolute atomic E-state index is 11.1. The van der Waals surface area contributed by atoms with E-state index in [-0.39, 0.29) is 6.04 Å². The summed E-state index contributed by atoms with van der Waals surface area (Å²) in [5.41, 5.74) is 7.95. The van der Waals surface area contributed by atoms with E-state index in [1.165, 1.54) is 0 Å². The predicted octanol–water partition coefficient (Wildman–Crippen LogP) is 2.15. The molecular formula is C14H14N4OS. The van der Waals surface area contributed by atoms with Crippen molar-refractivity contribution in [1.29, 1.82) is 0 Å². The number of fused-ring (bicyclic) bond motifs is 1. The number of aromatic nitrogens is 2. The lowest BCUT2D eigenvalue weighted by atomic mass is 10.0. The van der Waals surface area contributed by atoms with Crippen LogP contribution in [0.5, 0.6) is 0 Å². The van der Waals surface area contributed by atoms with Gasteiger partial charge in [0.1, 0.15) is 12.1 Å². The number of nitrogens with one attached hydrogen (secondary N) is 1. The molecule has 1 aliphatic rings. The highest BCUT2D eigenvalue weighted by Gasteiger charge is 2.14. The molecule has 0 aromatic carbocycles.